The van der Waals surface area contributed by atoms with Crippen LogP contribution in [0, 0.1) is 0 Å². The standard InChI is InChI=1S/C50H33NS/c1-3-12-34(13-4-1)47-33-39(38-25-24-37-23-22-35-14-7-8-17-42(35)46(37)32-38)28-31-48(47)51(40-15-5-2-6-16-40)41-29-26-36(27-30-41)43-19-11-20-45-44-18-9-10-21-49(44)52-50(43)45/h1-33H. The number of thiophene rings is 1. The Balaban J connectivity index is 1.12. The highest BCUT2D eigenvalue weighted by atomic mass is 32.1. The van der Waals surface area contributed by atoms with Crippen molar-refractivity contribution in [3.8, 4) is 33.4 Å². The molecule has 2 heteroatoms. The number of para-hydroxylation sites is 1. The molecular formula is C50H33NS. The number of fused-ring (bicyclic) bond motifs is 6. The molecular weight excluding hydrogens is 647 g/mol. The van der Waals surface area contributed by atoms with E-state index >= 15 is 0 Å². The Labute approximate surface area is 307 Å². The van der Waals surface area contributed by atoms with E-state index in [0.29, 0.717) is 0 Å². The van der Waals surface area contributed by atoms with Gasteiger partial charge < -0.3 is 4.90 Å². The maximum absolute atomic E-state index is 2.39. The molecule has 0 saturated carbocycles. The molecule has 0 bridgehead atoms. The second kappa shape index (κ2) is 12.7. The van der Waals surface area contributed by atoms with Crippen molar-refractivity contribution in [1.82, 2.24) is 0 Å². The van der Waals surface area contributed by atoms with E-state index in [0.717, 1.165) is 17.1 Å². The quantitative estimate of drug-likeness (QED) is 0.158. The van der Waals surface area contributed by atoms with Crippen molar-refractivity contribution >= 4 is 70.1 Å². The number of nitrogens with zero attached hydrogens (tertiary/aromatic N) is 1. The average Bonchev–Trinajstić information content (AvgIpc) is 3.61. The van der Waals surface area contributed by atoms with Crippen molar-refractivity contribution in [1.29, 1.82) is 0 Å². The number of hydrogen-bond acceptors (Lipinski definition) is 2. The molecule has 0 aliphatic rings. The minimum Gasteiger partial charge on any atom is -0.310 e. The van der Waals surface area contributed by atoms with Gasteiger partial charge in [0.1, 0.15) is 0 Å². The van der Waals surface area contributed by atoms with E-state index in [1.807, 2.05) is 11.3 Å². The summed E-state index contributed by atoms with van der Waals surface area (Å²) in [4.78, 5) is 2.39. The van der Waals surface area contributed by atoms with Gasteiger partial charge in [-0.2, -0.15) is 0 Å². The van der Waals surface area contributed by atoms with Gasteiger partial charge in [0, 0.05) is 37.1 Å². The zero-order valence-electron chi connectivity index (χ0n) is 28.4. The molecule has 0 aliphatic carbocycles. The summed E-state index contributed by atoms with van der Waals surface area (Å²) in [5.41, 5.74) is 10.6. The molecule has 1 aromatic heterocycles. The van der Waals surface area contributed by atoms with Crippen LogP contribution < -0.4 is 4.90 Å². The molecule has 10 rings (SSSR count). The average molecular weight is 680 g/mol. The minimum absolute atomic E-state index is 1.11. The molecule has 0 amide bonds. The topological polar surface area (TPSA) is 3.24 Å². The van der Waals surface area contributed by atoms with Gasteiger partial charge in [-0.1, -0.05) is 152 Å². The van der Waals surface area contributed by atoms with Gasteiger partial charge in [0.05, 0.1) is 5.69 Å². The van der Waals surface area contributed by atoms with Crippen LogP contribution in [-0.2, 0) is 0 Å². The smallest absolute Gasteiger partial charge is 0.0540 e. The van der Waals surface area contributed by atoms with Crippen LogP contribution in [-0.4, -0.2) is 0 Å². The number of anilines is 3. The highest BCUT2D eigenvalue weighted by Gasteiger charge is 2.19. The Morgan fingerprint density at radius 1 is 0.327 bits per heavy atom. The van der Waals surface area contributed by atoms with Gasteiger partial charge in [-0.25, -0.2) is 0 Å². The molecule has 1 heterocycles. The fraction of sp³-hybridized carbons (Fsp3) is 0. The first-order chi connectivity index (χ1) is 25.8. The third-order valence-corrected chi connectivity index (χ3v) is 11.5. The Morgan fingerprint density at radius 2 is 0.904 bits per heavy atom. The Bertz CT molecular complexity index is 2890. The summed E-state index contributed by atoms with van der Waals surface area (Å²) in [5.74, 6) is 0. The first-order valence-corrected chi connectivity index (χ1v) is 18.6. The van der Waals surface area contributed by atoms with E-state index in [2.05, 4.69) is 205 Å². The SMILES string of the molecule is c1ccc(-c2cc(-c3ccc4ccc5ccccc5c4c3)ccc2N(c2ccccc2)c2ccc(-c3cccc4c3sc3ccccc34)cc2)cc1. The van der Waals surface area contributed by atoms with Gasteiger partial charge in [0.2, 0.25) is 0 Å². The highest BCUT2D eigenvalue weighted by Crippen LogP contribution is 2.45. The second-order valence-electron chi connectivity index (χ2n) is 13.3. The van der Waals surface area contributed by atoms with Crippen molar-refractivity contribution in [2.24, 2.45) is 0 Å². The first-order valence-electron chi connectivity index (χ1n) is 17.8. The molecule has 0 spiro atoms. The van der Waals surface area contributed by atoms with Gasteiger partial charge in [0.25, 0.3) is 0 Å². The number of benzene rings is 9. The molecule has 10 aromatic rings. The maximum Gasteiger partial charge on any atom is 0.0540 e. The Hall–Kier alpha value is -6.48. The molecule has 0 radical (unpaired) electrons. The number of hydrogen-bond donors (Lipinski definition) is 0. The maximum atomic E-state index is 2.39. The second-order valence-corrected chi connectivity index (χ2v) is 14.4. The lowest BCUT2D eigenvalue weighted by atomic mass is 9.93. The molecule has 52 heavy (non-hydrogen) atoms. The largest absolute Gasteiger partial charge is 0.310 e. The van der Waals surface area contributed by atoms with Gasteiger partial charge >= 0.3 is 0 Å². The highest BCUT2D eigenvalue weighted by molar-refractivity contribution is 7.26. The van der Waals surface area contributed by atoms with Crippen LogP contribution in [0.25, 0.3) is 75.1 Å². The van der Waals surface area contributed by atoms with Crippen LogP contribution in [0.3, 0.4) is 0 Å². The lowest BCUT2D eigenvalue weighted by Crippen LogP contribution is -2.11. The fourth-order valence-corrected chi connectivity index (χ4v) is 8.95. The summed E-state index contributed by atoms with van der Waals surface area (Å²) >= 11 is 1.88. The normalized spacial score (nSPS) is 11.5. The summed E-state index contributed by atoms with van der Waals surface area (Å²) in [5, 5.41) is 7.72. The van der Waals surface area contributed by atoms with E-state index in [4.69, 9.17) is 0 Å². The van der Waals surface area contributed by atoms with Crippen LogP contribution in [0.15, 0.2) is 200 Å². The lowest BCUT2D eigenvalue weighted by molar-refractivity contribution is 1.28. The minimum atomic E-state index is 1.11. The van der Waals surface area contributed by atoms with E-state index in [9.17, 15) is 0 Å². The van der Waals surface area contributed by atoms with Gasteiger partial charge in [0.15, 0.2) is 0 Å². The van der Waals surface area contributed by atoms with E-state index in [1.165, 1.54) is 75.1 Å². The molecule has 0 fully saturated rings. The van der Waals surface area contributed by atoms with Gasteiger partial charge in [-0.15, -0.1) is 11.3 Å². The van der Waals surface area contributed by atoms with Crippen LogP contribution in [0.4, 0.5) is 17.1 Å². The number of rotatable bonds is 6. The monoisotopic (exact) mass is 679 g/mol. The molecule has 0 saturated heterocycles. The molecule has 0 aliphatic heterocycles. The predicted molar refractivity (Wildman–Crippen MR) is 225 cm³/mol. The summed E-state index contributed by atoms with van der Waals surface area (Å²) in [6.07, 6.45) is 0. The molecule has 9 aromatic carbocycles. The van der Waals surface area contributed by atoms with Crippen molar-refractivity contribution in [3.63, 3.8) is 0 Å². The fourth-order valence-electron chi connectivity index (χ4n) is 7.71. The molecule has 1 nitrogen and oxygen atoms in total. The van der Waals surface area contributed by atoms with Crippen LogP contribution in [0.2, 0.25) is 0 Å². The van der Waals surface area contributed by atoms with Crippen molar-refractivity contribution in [2.45, 2.75) is 0 Å². The van der Waals surface area contributed by atoms with Crippen LogP contribution in [0.1, 0.15) is 0 Å². The molecule has 0 atom stereocenters. The summed E-state index contributed by atoms with van der Waals surface area (Å²) in [6, 6.07) is 72.9. The summed E-state index contributed by atoms with van der Waals surface area (Å²) in [7, 11) is 0. The third-order valence-electron chi connectivity index (χ3n) is 10.3. The summed E-state index contributed by atoms with van der Waals surface area (Å²) in [6.45, 7) is 0. The molecule has 0 N–H and O–H groups in total. The summed E-state index contributed by atoms with van der Waals surface area (Å²) < 4.78 is 2.66. The predicted octanol–water partition coefficient (Wildman–Crippen LogP) is 14.8. The molecule has 0 unspecified atom stereocenters. The zero-order valence-corrected chi connectivity index (χ0v) is 29.2. The third kappa shape index (κ3) is 5.24. The van der Waals surface area contributed by atoms with Gasteiger partial charge in [-0.3, -0.25) is 0 Å². The van der Waals surface area contributed by atoms with E-state index in [-0.39, 0.29) is 0 Å². The lowest BCUT2D eigenvalue weighted by Gasteiger charge is -2.28. The van der Waals surface area contributed by atoms with Crippen LogP contribution in [0.5, 0.6) is 0 Å². The Morgan fingerprint density at radius 3 is 1.73 bits per heavy atom. The van der Waals surface area contributed by atoms with Crippen molar-refractivity contribution in [3.05, 3.63) is 200 Å². The Kier molecular flexibility index (Phi) is 7.41. The van der Waals surface area contributed by atoms with E-state index < -0.39 is 0 Å². The van der Waals surface area contributed by atoms with E-state index in [1.54, 1.807) is 0 Å². The van der Waals surface area contributed by atoms with Crippen molar-refractivity contribution in [2.75, 3.05) is 4.90 Å². The van der Waals surface area contributed by atoms with Crippen molar-refractivity contribution < 1.29 is 0 Å². The first kappa shape index (κ1) is 30.4. The van der Waals surface area contributed by atoms with Gasteiger partial charge in [-0.05, 0) is 97.9 Å². The zero-order chi connectivity index (χ0) is 34.4. The molecule has 244 valence electrons. The van der Waals surface area contributed by atoms with Crippen LogP contribution >= 0.6 is 11.3 Å².